The summed E-state index contributed by atoms with van der Waals surface area (Å²) in [6.45, 7) is 1.30. The van der Waals surface area contributed by atoms with E-state index in [4.69, 9.17) is 16.7 Å². The number of carbonyl (C=O) groups is 2. The summed E-state index contributed by atoms with van der Waals surface area (Å²) >= 11 is 7.55. The molecule has 0 radical (unpaired) electrons. The van der Waals surface area contributed by atoms with Gasteiger partial charge >= 0.3 is 5.97 Å². The van der Waals surface area contributed by atoms with E-state index in [9.17, 15) is 9.59 Å². The number of carbonyl (C=O) groups excluding carboxylic acids is 1. The summed E-state index contributed by atoms with van der Waals surface area (Å²) in [4.78, 5) is 26.1. The third kappa shape index (κ3) is 4.35. The fourth-order valence-electron chi connectivity index (χ4n) is 2.82. The molecule has 8 heteroatoms. The Kier molecular flexibility index (Phi) is 5.65. The summed E-state index contributed by atoms with van der Waals surface area (Å²) in [6.07, 6.45) is 4.45. The molecular weight excluding hydrogens is 362 g/mol. The van der Waals surface area contributed by atoms with Gasteiger partial charge in [0.15, 0.2) is 0 Å². The van der Waals surface area contributed by atoms with Crippen LogP contribution in [0, 0.1) is 0 Å². The van der Waals surface area contributed by atoms with Gasteiger partial charge in [-0.25, -0.2) is 4.79 Å². The first-order valence-corrected chi connectivity index (χ1v) is 9.33. The molecule has 6 nitrogen and oxygen atoms in total. The smallest absolute Gasteiger partial charge is 0.338 e. The van der Waals surface area contributed by atoms with Crippen LogP contribution in [0.25, 0.3) is 0 Å². The highest BCUT2D eigenvalue weighted by Gasteiger charge is 2.24. The molecule has 0 saturated carbocycles. The number of carboxylic acids is 1. The van der Waals surface area contributed by atoms with E-state index in [1.54, 1.807) is 10.9 Å². The van der Waals surface area contributed by atoms with Gasteiger partial charge in [0, 0.05) is 24.2 Å². The zero-order valence-electron chi connectivity index (χ0n) is 13.5. The molecule has 1 amide bonds. The van der Waals surface area contributed by atoms with Crippen LogP contribution in [0.3, 0.4) is 0 Å². The van der Waals surface area contributed by atoms with Crippen LogP contribution in [0.1, 0.15) is 29.2 Å². The number of hydrogen-bond acceptors (Lipinski definition) is 4. The molecule has 0 unspecified atom stereocenters. The highest BCUT2D eigenvalue weighted by atomic mass is 35.5. The van der Waals surface area contributed by atoms with Gasteiger partial charge in [-0.1, -0.05) is 23.7 Å². The molecular formula is C17H18ClN3O3S. The molecule has 0 atom stereocenters. The van der Waals surface area contributed by atoms with Crippen LogP contribution in [-0.2, 0) is 4.79 Å². The van der Waals surface area contributed by atoms with Crippen molar-refractivity contribution in [3.63, 3.8) is 0 Å². The second kappa shape index (κ2) is 7.93. The SMILES string of the molecule is O=C(O)c1cnn(C2CCN(C(=O)CSc3ccccc3Cl)CC2)c1. The van der Waals surface area contributed by atoms with E-state index in [2.05, 4.69) is 5.10 Å². The third-order valence-corrected chi connectivity index (χ3v) is 5.73. The summed E-state index contributed by atoms with van der Waals surface area (Å²) in [5.74, 6) is -0.523. The molecule has 132 valence electrons. The molecule has 2 heterocycles. The summed E-state index contributed by atoms with van der Waals surface area (Å²) in [5.41, 5.74) is 0.189. The second-order valence-corrected chi connectivity index (χ2v) is 7.27. The molecule has 1 aromatic heterocycles. The van der Waals surface area contributed by atoms with Crippen molar-refractivity contribution in [2.75, 3.05) is 18.8 Å². The highest BCUT2D eigenvalue weighted by molar-refractivity contribution is 8.00. The Labute approximate surface area is 154 Å². The maximum Gasteiger partial charge on any atom is 0.338 e. The molecule has 0 bridgehead atoms. The van der Waals surface area contributed by atoms with Crippen molar-refractivity contribution in [2.24, 2.45) is 0 Å². The van der Waals surface area contributed by atoms with E-state index in [1.165, 1.54) is 18.0 Å². The Morgan fingerprint density at radius 2 is 2.00 bits per heavy atom. The quantitative estimate of drug-likeness (QED) is 0.807. The zero-order valence-corrected chi connectivity index (χ0v) is 15.0. The number of hydrogen-bond donors (Lipinski definition) is 1. The lowest BCUT2D eigenvalue weighted by molar-refractivity contribution is -0.129. The number of piperidine rings is 1. The minimum atomic E-state index is -0.976. The van der Waals surface area contributed by atoms with Crippen LogP contribution in [0.4, 0.5) is 0 Å². The van der Waals surface area contributed by atoms with E-state index in [0.717, 1.165) is 17.7 Å². The largest absolute Gasteiger partial charge is 0.478 e. The van der Waals surface area contributed by atoms with Gasteiger partial charge in [0.25, 0.3) is 0 Å². The van der Waals surface area contributed by atoms with Crippen molar-refractivity contribution in [3.05, 3.63) is 47.2 Å². The minimum Gasteiger partial charge on any atom is -0.478 e. The van der Waals surface area contributed by atoms with E-state index >= 15 is 0 Å². The van der Waals surface area contributed by atoms with Gasteiger partial charge in [-0.2, -0.15) is 5.10 Å². The second-order valence-electron chi connectivity index (χ2n) is 5.85. The highest BCUT2D eigenvalue weighted by Crippen LogP contribution is 2.28. The molecule has 0 aliphatic carbocycles. The fraction of sp³-hybridized carbons (Fsp3) is 0.353. The molecule has 1 fully saturated rings. The van der Waals surface area contributed by atoms with Crippen LogP contribution in [0.2, 0.25) is 5.02 Å². The molecule has 1 aliphatic rings. The van der Waals surface area contributed by atoms with Gasteiger partial charge in [0.05, 0.1) is 28.6 Å². The molecule has 25 heavy (non-hydrogen) atoms. The van der Waals surface area contributed by atoms with Gasteiger partial charge in [-0.05, 0) is 25.0 Å². The van der Waals surface area contributed by atoms with Gasteiger partial charge < -0.3 is 10.0 Å². The van der Waals surface area contributed by atoms with Crippen molar-refractivity contribution in [1.82, 2.24) is 14.7 Å². The maximum atomic E-state index is 12.4. The average molecular weight is 380 g/mol. The molecule has 3 rings (SSSR count). The van der Waals surface area contributed by atoms with Crippen LogP contribution in [0.5, 0.6) is 0 Å². The Morgan fingerprint density at radius 3 is 2.64 bits per heavy atom. The first-order chi connectivity index (χ1) is 12.0. The van der Waals surface area contributed by atoms with Gasteiger partial charge in [-0.15, -0.1) is 11.8 Å². The van der Waals surface area contributed by atoms with E-state index in [1.807, 2.05) is 29.2 Å². The summed E-state index contributed by atoms with van der Waals surface area (Å²) in [6, 6.07) is 7.62. The monoisotopic (exact) mass is 379 g/mol. The topological polar surface area (TPSA) is 75.4 Å². The average Bonchev–Trinajstić information content (AvgIpc) is 3.11. The summed E-state index contributed by atoms with van der Waals surface area (Å²) in [5, 5.41) is 13.8. The number of aromatic nitrogens is 2. The Morgan fingerprint density at radius 1 is 1.28 bits per heavy atom. The van der Waals surface area contributed by atoms with Crippen molar-refractivity contribution < 1.29 is 14.7 Å². The molecule has 0 spiro atoms. The molecule has 2 aromatic rings. The lowest BCUT2D eigenvalue weighted by Gasteiger charge is -2.32. The third-order valence-electron chi connectivity index (χ3n) is 4.23. The number of aromatic carboxylic acids is 1. The summed E-state index contributed by atoms with van der Waals surface area (Å²) < 4.78 is 1.70. The van der Waals surface area contributed by atoms with Crippen molar-refractivity contribution >= 4 is 35.2 Å². The first kappa shape index (κ1) is 17.8. The van der Waals surface area contributed by atoms with Crippen LogP contribution in [0.15, 0.2) is 41.6 Å². The van der Waals surface area contributed by atoms with Gasteiger partial charge in [0.1, 0.15) is 0 Å². The minimum absolute atomic E-state index is 0.0926. The molecule has 1 aliphatic heterocycles. The molecule has 1 saturated heterocycles. The number of likely N-dealkylation sites (tertiary alicyclic amines) is 1. The predicted octanol–water partition coefficient (Wildman–Crippen LogP) is 3.19. The van der Waals surface area contributed by atoms with E-state index in [0.29, 0.717) is 23.9 Å². The van der Waals surface area contributed by atoms with Crippen molar-refractivity contribution in [1.29, 1.82) is 0 Å². The van der Waals surface area contributed by atoms with Gasteiger partial charge in [-0.3, -0.25) is 9.48 Å². The molecule has 1 N–H and O–H groups in total. The standard InChI is InChI=1S/C17H18ClN3O3S/c18-14-3-1-2-4-15(14)25-11-16(22)20-7-5-13(6-8-20)21-10-12(9-19-21)17(23)24/h1-4,9-10,13H,5-8,11H2,(H,23,24). The number of nitrogens with zero attached hydrogens (tertiary/aromatic N) is 3. The lowest BCUT2D eigenvalue weighted by Crippen LogP contribution is -2.40. The van der Waals surface area contributed by atoms with Crippen molar-refractivity contribution in [2.45, 2.75) is 23.8 Å². The van der Waals surface area contributed by atoms with Crippen LogP contribution in [-0.4, -0.2) is 50.5 Å². The number of amides is 1. The summed E-state index contributed by atoms with van der Waals surface area (Å²) in [7, 11) is 0. The molecule has 1 aromatic carbocycles. The lowest BCUT2D eigenvalue weighted by atomic mass is 10.1. The first-order valence-electron chi connectivity index (χ1n) is 7.97. The number of halogens is 1. The maximum absolute atomic E-state index is 12.4. The van der Waals surface area contributed by atoms with Gasteiger partial charge in [0.2, 0.25) is 5.91 Å². The van der Waals surface area contributed by atoms with Crippen LogP contribution >= 0.6 is 23.4 Å². The Hall–Kier alpha value is -1.99. The zero-order chi connectivity index (χ0) is 17.8. The van der Waals surface area contributed by atoms with Crippen molar-refractivity contribution in [3.8, 4) is 0 Å². The number of rotatable bonds is 5. The number of benzene rings is 1. The Bertz CT molecular complexity index is 772. The van der Waals surface area contributed by atoms with E-state index in [-0.39, 0.29) is 17.5 Å². The normalized spacial score (nSPS) is 15.3. The van der Waals surface area contributed by atoms with E-state index < -0.39 is 5.97 Å². The van der Waals surface area contributed by atoms with Crippen LogP contribution < -0.4 is 0 Å². The predicted molar refractivity (Wildman–Crippen MR) is 96.2 cm³/mol. The fourth-order valence-corrected chi connectivity index (χ4v) is 3.96. The number of thioether (sulfide) groups is 1. The number of carboxylic acid groups (broad SMARTS) is 1. The Balaban J connectivity index is 1.50.